The van der Waals surface area contributed by atoms with Gasteiger partial charge in [0.25, 0.3) is 0 Å². The lowest BCUT2D eigenvalue weighted by atomic mass is 10.1. The molecule has 0 radical (unpaired) electrons. The van der Waals surface area contributed by atoms with Gasteiger partial charge < -0.3 is 10.1 Å². The zero-order valence-corrected chi connectivity index (χ0v) is 20.2. The Hall–Kier alpha value is -3.88. The number of para-hydroxylation sites is 3. The number of hydrogen-bond acceptors (Lipinski definition) is 4. The van der Waals surface area contributed by atoms with Crippen molar-refractivity contribution in [2.45, 2.75) is 11.3 Å². The maximum atomic E-state index is 13.1. The molecule has 0 aliphatic heterocycles. The van der Waals surface area contributed by atoms with Crippen LogP contribution < -0.4 is 19.7 Å². The minimum Gasteiger partial charge on any atom is -0.495 e. The van der Waals surface area contributed by atoms with Crippen LogP contribution in [0.1, 0.15) is 6.42 Å². The van der Waals surface area contributed by atoms with Gasteiger partial charge in [-0.25, -0.2) is 17.9 Å². The van der Waals surface area contributed by atoms with Gasteiger partial charge in [0.2, 0.25) is 10.0 Å². The average molecular weight is 490 g/mol. The molecule has 0 saturated carbocycles. The number of nitrogens with zero attached hydrogens (tertiary/aromatic N) is 1. The molecule has 35 heavy (non-hydrogen) atoms. The number of urea groups is 1. The van der Waals surface area contributed by atoms with Gasteiger partial charge in [0.15, 0.2) is 0 Å². The van der Waals surface area contributed by atoms with E-state index in [2.05, 4.69) is 10.0 Å². The molecule has 0 spiro atoms. The van der Waals surface area contributed by atoms with Gasteiger partial charge in [-0.3, -0.25) is 4.90 Å². The molecule has 0 fully saturated rings. The van der Waals surface area contributed by atoms with Crippen LogP contribution in [0.2, 0.25) is 0 Å². The molecule has 0 bridgehead atoms. The summed E-state index contributed by atoms with van der Waals surface area (Å²) in [6.45, 7) is 0.492. The van der Waals surface area contributed by atoms with Gasteiger partial charge in [-0.15, -0.1) is 0 Å². The average Bonchev–Trinajstić information content (AvgIpc) is 2.89. The first kappa shape index (κ1) is 24.3. The van der Waals surface area contributed by atoms with Crippen LogP contribution in [0.4, 0.5) is 16.2 Å². The summed E-state index contributed by atoms with van der Waals surface area (Å²) in [5.74, 6) is 0.553. The van der Waals surface area contributed by atoms with Crippen LogP contribution >= 0.6 is 0 Å². The summed E-state index contributed by atoms with van der Waals surface area (Å²) >= 11 is 0. The fraction of sp³-hybridized carbons (Fsp3) is 0.148. The van der Waals surface area contributed by atoms with E-state index in [-0.39, 0.29) is 17.5 Å². The normalized spacial score (nSPS) is 11.2. The molecule has 0 atom stereocenters. The number of ether oxygens (including phenoxy) is 1. The number of benzene rings is 4. The molecule has 8 heteroatoms. The molecule has 0 unspecified atom stereocenters. The van der Waals surface area contributed by atoms with Gasteiger partial charge in [-0.2, -0.15) is 0 Å². The highest BCUT2D eigenvalue weighted by Crippen LogP contribution is 2.25. The lowest BCUT2D eigenvalue weighted by Crippen LogP contribution is -2.37. The SMILES string of the molecule is COc1ccccc1NC(=O)N(CCCNS(=O)(=O)c1ccc2ccccc2c1)c1ccccc1. The van der Waals surface area contributed by atoms with E-state index >= 15 is 0 Å². The maximum Gasteiger partial charge on any atom is 0.326 e. The Morgan fingerprint density at radius 1 is 0.857 bits per heavy atom. The van der Waals surface area contributed by atoms with E-state index in [1.54, 1.807) is 42.3 Å². The van der Waals surface area contributed by atoms with E-state index < -0.39 is 10.0 Å². The van der Waals surface area contributed by atoms with Gasteiger partial charge in [0.1, 0.15) is 5.75 Å². The molecule has 2 amide bonds. The van der Waals surface area contributed by atoms with Crippen molar-refractivity contribution in [1.82, 2.24) is 4.72 Å². The van der Waals surface area contributed by atoms with Gasteiger partial charge >= 0.3 is 6.03 Å². The third-order valence-electron chi connectivity index (χ3n) is 5.54. The number of rotatable bonds is 9. The minimum atomic E-state index is -3.68. The van der Waals surface area contributed by atoms with Crippen LogP contribution in [0.25, 0.3) is 10.8 Å². The van der Waals surface area contributed by atoms with Crippen LogP contribution in [0.3, 0.4) is 0 Å². The van der Waals surface area contributed by atoms with Crippen LogP contribution in [0.15, 0.2) is 102 Å². The summed E-state index contributed by atoms with van der Waals surface area (Å²) in [7, 11) is -2.13. The molecule has 0 aliphatic rings. The molecule has 0 saturated heterocycles. The topological polar surface area (TPSA) is 87.7 Å². The Morgan fingerprint density at radius 2 is 1.54 bits per heavy atom. The summed E-state index contributed by atoms with van der Waals surface area (Å²) in [6, 6.07) is 28.7. The minimum absolute atomic E-state index is 0.181. The van der Waals surface area contributed by atoms with Crippen molar-refractivity contribution in [3.63, 3.8) is 0 Å². The van der Waals surface area contributed by atoms with Crippen molar-refractivity contribution in [3.8, 4) is 5.75 Å². The van der Waals surface area contributed by atoms with Crippen molar-refractivity contribution in [2.75, 3.05) is 30.4 Å². The second kappa shape index (κ2) is 11.0. The number of methoxy groups -OCH3 is 1. The van der Waals surface area contributed by atoms with Gasteiger partial charge in [0, 0.05) is 18.8 Å². The molecule has 0 heterocycles. The fourth-order valence-corrected chi connectivity index (χ4v) is 4.86. The first-order valence-corrected chi connectivity index (χ1v) is 12.7. The van der Waals surface area contributed by atoms with E-state index in [9.17, 15) is 13.2 Å². The zero-order chi connectivity index (χ0) is 24.7. The van der Waals surface area contributed by atoms with Crippen LogP contribution in [0, 0.1) is 0 Å². The summed E-state index contributed by atoms with van der Waals surface area (Å²) in [6.07, 6.45) is 0.418. The molecular formula is C27H27N3O4S. The predicted molar refractivity (Wildman–Crippen MR) is 140 cm³/mol. The molecule has 2 N–H and O–H groups in total. The number of nitrogens with one attached hydrogen (secondary N) is 2. The lowest BCUT2D eigenvalue weighted by molar-refractivity contribution is 0.256. The van der Waals surface area contributed by atoms with E-state index in [1.165, 1.54) is 0 Å². The number of sulfonamides is 1. The lowest BCUT2D eigenvalue weighted by Gasteiger charge is -2.24. The molecule has 0 aromatic heterocycles. The van der Waals surface area contributed by atoms with Crippen LogP contribution in [-0.2, 0) is 10.0 Å². The quantitative estimate of drug-likeness (QED) is 0.314. The summed E-state index contributed by atoms with van der Waals surface area (Å²) in [5.41, 5.74) is 1.26. The number of fused-ring (bicyclic) bond motifs is 1. The fourth-order valence-electron chi connectivity index (χ4n) is 3.75. The first-order valence-electron chi connectivity index (χ1n) is 11.2. The molecule has 180 valence electrons. The summed E-state index contributed by atoms with van der Waals surface area (Å²) in [5, 5.41) is 4.72. The van der Waals surface area contributed by atoms with Crippen LogP contribution in [0.5, 0.6) is 5.75 Å². The van der Waals surface area contributed by atoms with Crippen molar-refractivity contribution >= 4 is 38.2 Å². The molecule has 4 aromatic carbocycles. The van der Waals surface area contributed by atoms with Crippen molar-refractivity contribution < 1.29 is 17.9 Å². The first-order chi connectivity index (χ1) is 17.0. The monoisotopic (exact) mass is 489 g/mol. The van der Waals surface area contributed by atoms with E-state index in [1.807, 2.05) is 66.7 Å². The Morgan fingerprint density at radius 3 is 2.31 bits per heavy atom. The van der Waals surface area contributed by atoms with Crippen molar-refractivity contribution in [2.24, 2.45) is 0 Å². The van der Waals surface area contributed by atoms with Gasteiger partial charge in [-0.1, -0.05) is 60.7 Å². The second-order valence-corrected chi connectivity index (χ2v) is 9.64. The number of carbonyl (C=O) groups is 1. The summed E-state index contributed by atoms with van der Waals surface area (Å²) in [4.78, 5) is 14.9. The molecule has 0 aliphatic carbocycles. The Kier molecular flexibility index (Phi) is 7.64. The molecular weight excluding hydrogens is 462 g/mol. The number of carbonyl (C=O) groups excluding carboxylic acids is 1. The highest BCUT2D eigenvalue weighted by Gasteiger charge is 2.18. The Labute approximate surface area is 205 Å². The van der Waals surface area contributed by atoms with Crippen LogP contribution in [-0.4, -0.2) is 34.6 Å². The van der Waals surface area contributed by atoms with E-state index in [0.717, 1.165) is 10.8 Å². The number of amides is 2. The molecule has 7 nitrogen and oxygen atoms in total. The Bertz CT molecular complexity index is 1410. The Balaban J connectivity index is 1.42. The molecule has 4 rings (SSSR count). The second-order valence-electron chi connectivity index (χ2n) is 7.88. The standard InChI is InChI=1S/C27H27N3O4S/c1-34-26-15-8-7-14-25(26)29-27(31)30(23-12-3-2-4-13-23)19-9-18-28-35(32,33)24-17-16-21-10-5-6-11-22(21)20-24/h2-8,10-17,20,28H,9,18-19H2,1H3,(H,29,31). The number of hydrogen-bond donors (Lipinski definition) is 2. The van der Waals surface area contributed by atoms with Crippen molar-refractivity contribution in [3.05, 3.63) is 97.1 Å². The maximum absolute atomic E-state index is 13.1. The smallest absolute Gasteiger partial charge is 0.326 e. The zero-order valence-electron chi connectivity index (χ0n) is 19.3. The van der Waals surface area contributed by atoms with E-state index in [4.69, 9.17) is 4.74 Å². The number of anilines is 2. The third kappa shape index (κ3) is 5.98. The molecule has 4 aromatic rings. The highest BCUT2D eigenvalue weighted by molar-refractivity contribution is 7.89. The highest BCUT2D eigenvalue weighted by atomic mass is 32.2. The van der Waals surface area contributed by atoms with Crippen molar-refractivity contribution in [1.29, 1.82) is 0 Å². The largest absolute Gasteiger partial charge is 0.495 e. The van der Waals surface area contributed by atoms with Gasteiger partial charge in [0.05, 0.1) is 17.7 Å². The van der Waals surface area contributed by atoms with E-state index in [0.29, 0.717) is 30.1 Å². The predicted octanol–water partition coefficient (Wildman–Crippen LogP) is 5.26. The third-order valence-corrected chi connectivity index (χ3v) is 7.00. The van der Waals surface area contributed by atoms with Gasteiger partial charge in [-0.05, 0) is 53.6 Å². The summed E-state index contributed by atoms with van der Waals surface area (Å²) < 4.78 is 33.6.